The van der Waals surface area contributed by atoms with E-state index in [1.807, 2.05) is 25.1 Å². The van der Waals surface area contributed by atoms with E-state index in [0.717, 1.165) is 29.2 Å². The second-order valence-corrected chi connectivity index (χ2v) is 4.79. The van der Waals surface area contributed by atoms with E-state index in [1.165, 1.54) is 0 Å². The second kappa shape index (κ2) is 8.61. The number of ether oxygens (including phenoxy) is 3. The maximum absolute atomic E-state index is 5.46. The van der Waals surface area contributed by atoms with Gasteiger partial charge in [0.1, 0.15) is 11.5 Å². The van der Waals surface area contributed by atoms with E-state index in [9.17, 15) is 0 Å². The molecule has 1 rings (SSSR count). The number of methoxy groups -OCH3 is 2. The molecule has 0 spiro atoms. The topological polar surface area (TPSA) is 39.7 Å². The molecule has 1 aromatic carbocycles. The Morgan fingerprint density at radius 3 is 2.65 bits per heavy atom. The van der Waals surface area contributed by atoms with Crippen molar-refractivity contribution < 1.29 is 14.2 Å². The Hall–Kier alpha value is -1.52. The summed E-state index contributed by atoms with van der Waals surface area (Å²) < 4.78 is 16.1. The minimum absolute atomic E-state index is 0.161. The van der Waals surface area contributed by atoms with E-state index in [2.05, 4.69) is 18.8 Å². The van der Waals surface area contributed by atoms with Gasteiger partial charge in [-0.2, -0.15) is 0 Å². The van der Waals surface area contributed by atoms with Crippen LogP contribution < -0.4 is 14.8 Å². The molecule has 0 aliphatic heterocycles. The number of benzene rings is 1. The summed E-state index contributed by atoms with van der Waals surface area (Å²) in [7, 11) is 3.34. The first-order chi connectivity index (χ1) is 9.58. The van der Waals surface area contributed by atoms with Crippen LogP contribution in [0.2, 0.25) is 0 Å². The summed E-state index contributed by atoms with van der Waals surface area (Å²) >= 11 is 0. The smallest absolute Gasteiger partial charge is 0.123 e. The van der Waals surface area contributed by atoms with Crippen LogP contribution in [0.5, 0.6) is 11.5 Å². The lowest BCUT2D eigenvalue weighted by Gasteiger charge is -2.18. The van der Waals surface area contributed by atoms with E-state index < -0.39 is 0 Å². The lowest BCUT2D eigenvalue weighted by atomic mass is 10.1. The van der Waals surface area contributed by atoms with Crippen molar-refractivity contribution in [3.05, 3.63) is 35.9 Å². The number of hydrogen-bond acceptors (Lipinski definition) is 4. The van der Waals surface area contributed by atoms with Crippen molar-refractivity contribution in [1.82, 2.24) is 5.32 Å². The summed E-state index contributed by atoms with van der Waals surface area (Å²) in [4.78, 5) is 0. The average Bonchev–Trinajstić information content (AvgIpc) is 2.45. The molecule has 4 nitrogen and oxygen atoms in total. The molecule has 0 amide bonds. The fourth-order valence-electron chi connectivity index (χ4n) is 1.88. The van der Waals surface area contributed by atoms with Crippen LogP contribution in [-0.2, 0) is 4.74 Å². The highest BCUT2D eigenvalue weighted by atomic mass is 16.5. The van der Waals surface area contributed by atoms with Crippen LogP contribution in [0, 0.1) is 0 Å². The molecule has 0 bridgehead atoms. The molecule has 1 unspecified atom stereocenters. The zero-order valence-corrected chi connectivity index (χ0v) is 12.9. The molecule has 0 aliphatic rings. The monoisotopic (exact) mass is 279 g/mol. The molecule has 0 saturated heterocycles. The largest absolute Gasteiger partial charge is 0.497 e. The van der Waals surface area contributed by atoms with Crippen molar-refractivity contribution >= 4 is 0 Å². The summed E-state index contributed by atoms with van der Waals surface area (Å²) in [5.41, 5.74) is 2.11. The summed E-state index contributed by atoms with van der Waals surface area (Å²) in [6, 6.07) is 5.97. The predicted octanol–water partition coefficient (Wildman–Crippen LogP) is 2.95. The zero-order valence-electron chi connectivity index (χ0n) is 12.9. The van der Waals surface area contributed by atoms with Crippen molar-refractivity contribution in [3.8, 4) is 11.5 Å². The molecule has 0 radical (unpaired) electrons. The van der Waals surface area contributed by atoms with Crippen LogP contribution in [-0.4, -0.2) is 34.0 Å². The summed E-state index contributed by atoms with van der Waals surface area (Å²) in [5.74, 6) is 1.68. The molecule has 1 N–H and O–H groups in total. The highest BCUT2D eigenvalue weighted by Gasteiger charge is 2.12. The molecule has 4 heteroatoms. The highest BCUT2D eigenvalue weighted by molar-refractivity contribution is 5.42. The molecule has 112 valence electrons. The molecule has 0 heterocycles. The molecule has 20 heavy (non-hydrogen) atoms. The molecule has 1 aromatic rings. The fourth-order valence-corrected chi connectivity index (χ4v) is 1.88. The third kappa shape index (κ3) is 5.23. The van der Waals surface area contributed by atoms with Gasteiger partial charge in [0.25, 0.3) is 0 Å². The second-order valence-electron chi connectivity index (χ2n) is 4.79. The Bertz CT molecular complexity index is 432. The summed E-state index contributed by atoms with van der Waals surface area (Å²) in [6.07, 6.45) is 0. The normalized spacial score (nSPS) is 12.0. The van der Waals surface area contributed by atoms with Crippen LogP contribution in [0.1, 0.15) is 25.5 Å². The Kier molecular flexibility index (Phi) is 7.12. The minimum atomic E-state index is 0.161. The summed E-state index contributed by atoms with van der Waals surface area (Å²) in [5, 5.41) is 3.41. The first-order valence-electron chi connectivity index (χ1n) is 6.76. The average molecular weight is 279 g/mol. The first-order valence-corrected chi connectivity index (χ1v) is 6.76. The Labute approximate surface area is 121 Å². The maximum atomic E-state index is 5.46. The third-order valence-corrected chi connectivity index (χ3v) is 2.95. The van der Waals surface area contributed by atoms with E-state index in [1.54, 1.807) is 14.2 Å². The lowest BCUT2D eigenvalue weighted by molar-refractivity contribution is 0.155. The van der Waals surface area contributed by atoms with E-state index in [0.29, 0.717) is 13.2 Å². The maximum Gasteiger partial charge on any atom is 0.123 e. The van der Waals surface area contributed by atoms with Gasteiger partial charge in [-0.25, -0.2) is 0 Å². The van der Waals surface area contributed by atoms with Gasteiger partial charge >= 0.3 is 0 Å². The van der Waals surface area contributed by atoms with Gasteiger partial charge in [0, 0.05) is 18.2 Å². The van der Waals surface area contributed by atoms with Crippen molar-refractivity contribution in [2.45, 2.75) is 19.9 Å². The van der Waals surface area contributed by atoms with Gasteiger partial charge < -0.3 is 19.5 Å². The Balaban J connectivity index is 2.53. The lowest BCUT2D eigenvalue weighted by Crippen LogP contribution is -2.24. The van der Waals surface area contributed by atoms with Crippen LogP contribution in [0.25, 0.3) is 0 Å². The molecule has 0 saturated carbocycles. The molecular weight excluding hydrogens is 254 g/mol. The van der Waals surface area contributed by atoms with Crippen molar-refractivity contribution in [2.24, 2.45) is 0 Å². The highest BCUT2D eigenvalue weighted by Crippen LogP contribution is 2.28. The van der Waals surface area contributed by atoms with Gasteiger partial charge in [-0.15, -0.1) is 0 Å². The fraction of sp³-hybridized carbons (Fsp3) is 0.500. The molecular formula is C16H25NO3. The van der Waals surface area contributed by atoms with Crippen LogP contribution in [0.3, 0.4) is 0 Å². The molecule has 0 aliphatic carbocycles. The van der Waals surface area contributed by atoms with E-state index in [-0.39, 0.29) is 6.04 Å². The number of nitrogens with one attached hydrogen (secondary N) is 1. The van der Waals surface area contributed by atoms with E-state index >= 15 is 0 Å². The zero-order chi connectivity index (χ0) is 15.0. The van der Waals surface area contributed by atoms with Gasteiger partial charge in [-0.1, -0.05) is 12.2 Å². The minimum Gasteiger partial charge on any atom is -0.497 e. The Morgan fingerprint density at radius 1 is 1.30 bits per heavy atom. The van der Waals surface area contributed by atoms with Crippen LogP contribution >= 0.6 is 0 Å². The van der Waals surface area contributed by atoms with Gasteiger partial charge in [-0.05, 0) is 32.0 Å². The van der Waals surface area contributed by atoms with Gasteiger partial charge in [0.2, 0.25) is 0 Å². The predicted molar refractivity (Wildman–Crippen MR) is 81.6 cm³/mol. The van der Waals surface area contributed by atoms with Crippen molar-refractivity contribution in [1.29, 1.82) is 0 Å². The van der Waals surface area contributed by atoms with Gasteiger partial charge in [-0.3, -0.25) is 0 Å². The molecule has 1 atom stereocenters. The van der Waals surface area contributed by atoms with Gasteiger partial charge in [0.15, 0.2) is 0 Å². The summed E-state index contributed by atoms with van der Waals surface area (Å²) in [6.45, 7) is 9.89. The van der Waals surface area contributed by atoms with Gasteiger partial charge in [0.05, 0.1) is 27.4 Å². The quantitative estimate of drug-likeness (QED) is 0.557. The third-order valence-electron chi connectivity index (χ3n) is 2.95. The van der Waals surface area contributed by atoms with Crippen molar-refractivity contribution in [2.75, 3.05) is 34.0 Å². The van der Waals surface area contributed by atoms with Crippen LogP contribution in [0.4, 0.5) is 0 Å². The number of rotatable bonds is 9. The van der Waals surface area contributed by atoms with Crippen LogP contribution in [0.15, 0.2) is 30.4 Å². The van der Waals surface area contributed by atoms with E-state index in [4.69, 9.17) is 14.2 Å². The molecule has 0 aromatic heterocycles. The standard InChI is InChI=1S/C16H25NO3/c1-12(2)11-20-9-8-17-13(3)15-10-14(18-4)6-7-16(15)19-5/h6-7,10,13,17H,1,8-9,11H2,2-5H3. The SMILES string of the molecule is C=C(C)COCCNC(C)c1cc(OC)ccc1OC. The number of hydrogen-bond donors (Lipinski definition) is 1. The Morgan fingerprint density at radius 2 is 2.05 bits per heavy atom. The first kappa shape index (κ1) is 16.5. The van der Waals surface area contributed by atoms with Crippen molar-refractivity contribution in [3.63, 3.8) is 0 Å². The molecule has 0 fully saturated rings.